The molecule has 6 nitrogen and oxygen atoms in total. The predicted molar refractivity (Wildman–Crippen MR) is 77.7 cm³/mol. The monoisotopic (exact) mass is 383 g/mol. The van der Waals surface area contributed by atoms with Crippen molar-refractivity contribution in [2.45, 2.75) is 36.3 Å². The minimum Gasteiger partial charge on any atom is -0.477 e. The van der Waals surface area contributed by atoms with Gasteiger partial charge in [-0.3, -0.25) is 0 Å². The Labute approximate surface area is 129 Å². The molecule has 1 heterocycles. The summed E-state index contributed by atoms with van der Waals surface area (Å²) in [5, 5.41) is 8.90. The molecule has 0 amide bonds. The molecule has 1 aromatic heterocycles. The van der Waals surface area contributed by atoms with Gasteiger partial charge in [-0.1, -0.05) is 0 Å². The number of carboxylic acid groups (broad SMARTS) is 1. The second kappa shape index (κ2) is 6.10. The zero-order valence-corrected chi connectivity index (χ0v) is 13.8. The van der Waals surface area contributed by atoms with E-state index in [0.717, 1.165) is 17.8 Å². The molecule has 0 aromatic carbocycles. The van der Waals surface area contributed by atoms with Gasteiger partial charge in [0.25, 0.3) is 0 Å². The fraction of sp³-hybridized carbons (Fsp3) is 0.545. The topological polar surface area (TPSA) is 92.7 Å². The van der Waals surface area contributed by atoms with Crippen molar-refractivity contribution in [1.82, 2.24) is 4.72 Å². The number of rotatable bonds is 5. The van der Waals surface area contributed by atoms with Crippen LogP contribution >= 0.6 is 27.3 Å². The maximum atomic E-state index is 12.3. The molecule has 0 aliphatic heterocycles. The van der Waals surface area contributed by atoms with Crippen molar-refractivity contribution in [3.63, 3.8) is 0 Å². The van der Waals surface area contributed by atoms with E-state index < -0.39 is 16.0 Å². The number of ether oxygens (including phenoxy) is 1. The number of carboxylic acids is 1. The average Bonchev–Trinajstić information content (AvgIpc) is 2.95. The second-order valence-electron chi connectivity index (χ2n) is 4.54. The van der Waals surface area contributed by atoms with Gasteiger partial charge in [0.2, 0.25) is 10.0 Å². The van der Waals surface area contributed by atoms with E-state index in [-0.39, 0.29) is 21.9 Å². The number of hydrogen-bond donors (Lipinski definition) is 2. The normalized spacial score (nSPS) is 23.1. The average molecular weight is 384 g/mol. The third-order valence-electron chi connectivity index (χ3n) is 3.20. The maximum Gasteiger partial charge on any atom is 0.345 e. The van der Waals surface area contributed by atoms with E-state index in [9.17, 15) is 13.2 Å². The Bertz CT molecular complexity index is 612. The Morgan fingerprint density at radius 2 is 2.25 bits per heavy atom. The minimum atomic E-state index is -3.72. The molecule has 1 saturated carbocycles. The quantitative estimate of drug-likeness (QED) is 0.811. The summed E-state index contributed by atoms with van der Waals surface area (Å²) in [6.45, 7) is 0. The van der Waals surface area contributed by atoms with Gasteiger partial charge in [0.15, 0.2) is 0 Å². The first-order chi connectivity index (χ1) is 9.33. The lowest BCUT2D eigenvalue weighted by Crippen LogP contribution is -2.33. The summed E-state index contributed by atoms with van der Waals surface area (Å²) in [4.78, 5) is 10.8. The first kappa shape index (κ1) is 15.9. The van der Waals surface area contributed by atoms with Crippen molar-refractivity contribution in [1.29, 1.82) is 0 Å². The van der Waals surface area contributed by atoms with E-state index in [1.807, 2.05) is 0 Å². The molecule has 2 unspecified atom stereocenters. The first-order valence-electron chi connectivity index (χ1n) is 5.91. The molecular weight excluding hydrogens is 370 g/mol. The zero-order valence-electron chi connectivity index (χ0n) is 10.6. The Morgan fingerprint density at radius 1 is 1.55 bits per heavy atom. The minimum absolute atomic E-state index is 0.0153. The van der Waals surface area contributed by atoms with Crippen LogP contribution in [-0.4, -0.2) is 38.7 Å². The molecule has 0 radical (unpaired) electrons. The van der Waals surface area contributed by atoms with Crippen molar-refractivity contribution >= 4 is 43.3 Å². The van der Waals surface area contributed by atoms with Gasteiger partial charge in [0.1, 0.15) is 9.77 Å². The molecule has 1 aromatic rings. The van der Waals surface area contributed by atoms with Crippen molar-refractivity contribution in [3.8, 4) is 0 Å². The first-order valence-corrected chi connectivity index (χ1v) is 9.00. The van der Waals surface area contributed by atoms with E-state index in [2.05, 4.69) is 20.7 Å². The SMILES string of the molecule is COC1CCC(NS(=O)(=O)c2cc(C(=O)O)sc2Br)C1. The standard InChI is InChI=1S/C11H14BrNO5S2/c1-18-7-3-2-6(4-7)13-20(16,17)9-5-8(11(14)15)19-10(9)12/h5-7,13H,2-4H2,1H3,(H,14,15). The highest BCUT2D eigenvalue weighted by Gasteiger charge is 2.30. The van der Waals surface area contributed by atoms with Gasteiger partial charge in [-0.05, 0) is 41.3 Å². The number of aromatic carboxylic acids is 1. The van der Waals surface area contributed by atoms with Crippen LogP contribution in [0.2, 0.25) is 0 Å². The number of hydrogen-bond acceptors (Lipinski definition) is 5. The number of sulfonamides is 1. The lowest BCUT2D eigenvalue weighted by Gasteiger charge is -2.12. The van der Waals surface area contributed by atoms with Crippen LogP contribution in [0.25, 0.3) is 0 Å². The van der Waals surface area contributed by atoms with Gasteiger partial charge < -0.3 is 9.84 Å². The highest BCUT2D eigenvalue weighted by Crippen LogP contribution is 2.32. The third kappa shape index (κ3) is 3.40. The molecule has 112 valence electrons. The summed E-state index contributed by atoms with van der Waals surface area (Å²) in [5.41, 5.74) is 0. The summed E-state index contributed by atoms with van der Waals surface area (Å²) < 4.78 is 32.6. The van der Waals surface area contributed by atoms with Crippen LogP contribution < -0.4 is 4.72 Å². The molecular formula is C11H14BrNO5S2. The number of carbonyl (C=O) groups is 1. The van der Waals surface area contributed by atoms with E-state index in [1.54, 1.807) is 7.11 Å². The molecule has 1 aliphatic rings. The second-order valence-corrected chi connectivity index (χ2v) is 8.60. The molecule has 2 atom stereocenters. The summed E-state index contributed by atoms with van der Waals surface area (Å²) in [5.74, 6) is -1.14. The van der Waals surface area contributed by atoms with Crippen molar-refractivity contribution in [3.05, 3.63) is 14.7 Å². The molecule has 1 aliphatic carbocycles. The maximum absolute atomic E-state index is 12.3. The fourth-order valence-corrected chi connectivity index (χ4v) is 5.87. The lowest BCUT2D eigenvalue weighted by molar-refractivity contribution is 0.0702. The van der Waals surface area contributed by atoms with Crippen LogP contribution in [0, 0.1) is 0 Å². The van der Waals surface area contributed by atoms with Gasteiger partial charge in [0, 0.05) is 13.2 Å². The summed E-state index contributed by atoms with van der Waals surface area (Å²) >= 11 is 3.99. The highest BCUT2D eigenvalue weighted by atomic mass is 79.9. The number of halogens is 1. The van der Waals surface area contributed by atoms with Gasteiger partial charge in [-0.15, -0.1) is 11.3 Å². The highest BCUT2D eigenvalue weighted by molar-refractivity contribution is 9.11. The molecule has 2 rings (SSSR count). The van der Waals surface area contributed by atoms with Gasteiger partial charge >= 0.3 is 5.97 Å². The van der Waals surface area contributed by atoms with Crippen molar-refractivity contribution < 1.29 is 23.1 Å². The molecule has 2 N–H and O–H groups in total. The van der Waals surface area contributed by atoms with E-state index in [1.165, 1.54) is 6.07 Å². The summed E-state index contributed by atoms with van der Waals surface area (Å²) in [7, 11) is -2.12. The lowest BCUT2D eigenvalue weighted by atomic mass is 10.3. The Morgan fingerprint density at radius 3 is 2.75 bits per heavy atom. The van der Waals surface area contributed by atoms with E-state index in [0.29, 0.717) is 16.6 Å². The summed E-state index contributed by atoms with van der Waals surface area (Å²) in [6, 6.07) is 0.993. The number of nitrogens with one attached hydrogen (secondary N) is 1. The largest absolute Gasteiger partial charge is 0.477 e. The van der Waals surface area contributed by atoms with Gasteiger partial charge in [0.05, 0.1) is 9.89 Å². The van der Waals surface area contributed by atoms with E-state index >= 15 is 0 Å². The van der Waals surface area contributed by atoms with Crippen molar-refractivity contribution in [2.75, 3.05) is 7.11 Å². The van der Waals surface area contributed by atoms with E-state index in [4.69, 9.17) is 9.84 Å². The molecule has 0 spiro atoms. The van der Waals surface area contributed by atoms with Crippen LogP contribution in [0.15, 0.2) is 14.7 Å². The fourth-order valence-electron chi connectivity index (χ4n) is 2.18. The Kier molecular flexibility index (Phi) is 4.85. The summed E-state index contributed by atoms with van der Waals surface area (Å²) in [6.07, 6.45) is 2.23. The molecule has 9 heteroatoms. The number of thiophene rings is 1. The molecule has 20 heavy (non-hydrogen) atoms. The molecule has 0 saturated heterocycles. The van der Waals surface area contributed by atoms with Gasteiger partial charge in [-0.2, -0.15) is 0 Å². The molecule has 1 fully saturated rings. The van der Waals surface area contributed by atoms with Gasteiger partial charge in [-0.25, -0.2) is 17.9 Å². The smallest absolute Gasteiger partial charge is 0.345 e. The Balaban J connectivity index is 2.17. The number of methoxy groups -OCH3 is 1. The van der Waals surface area contributed by atoms with Crippen LogP contribution in [0.5, 0.6) is 0 Å². The third-order valence-corrected chi connectivity index (χ3v) is 6.96. The van der Waals surface area contributed by atoms with Crippen LogP contribution in [0.4, 0.5) is 0 Å². The molecule has 0 bridgehead atoms. The van der Waals surface area contributed by atoms with Crippen LogP contribution in [0.1, 0.15) is 28.9 Å². The zero-order chi connectivity index (χ0) is 14.9. The Hall–Kier alpha value is -0.480. The van der Waals surface area contributed by atoms with Crippen LogP contribution in [0.3, 0.4) is 0 Å². The van der Waals surface area contributed by atoms with Crippen LogP contribution in [-0.2, 0) is 14.8 Å². The predicted octanol–water partition coefficient (Wildman–Crippen LogP) is 2.05. The van der Waals surface area contributed by atoms with Crippen molar-refractivity contribution in [2.24, 2.45) is 0 Å².